The minimum absolute atomic E-state index is 0.190. The first-order chi connectivity index (χ1) is 9.46. The van der Waals surface area contributed by atoms with Crippen molar-refractivity contribution in [3.8, 4) is 0 Å². The van der Waals surface area contributed by atoms with Crippen molar-refractivity contribution in [1.82, 2.24) is 4.72 Å². The first-order valence-electron chi connectivity index (χ1n) is 7.18. The van der Waals surface area contributed by atoms with Crippen LogP contribution in [0.2, 0.25) is 0 Å². The third kappa shape index (κ3) is 4.58. The number of hydrogen-bond donors (Lipinski definition) is 2. The molecule has 1 aromatic carbocycles. The molecular weight excluding hydrogens is 274 g/mol. The van der Waals surface area contributed by atoms with Gasteiger partial charge in [-0.2, -0.15) is 0 Å². The van der Waals surface area contributed by atoms with Crippen molar-refractivity contribution >= 4 is 10.0 Å². The third-order valence-corrected chi connectivity index (χ3v) is 5.55. The van der Waals surface area contributed by atoms with E-state index in [0.717, 1.165) is 24.8 Å². The van der Waals surface area contributed by atoms with Gasteiger partial charge in [-0.1, -0.05) is 36.8 Å². The maximum absolute atomic E-state index is 12.0. The average molecular weight is 297 g/mol. The molecule has 4 nitrogen and oxygen atoms in total. The molecule has 5 heteroatoms. The summed E-state index contributed by atoms with van der Waals surface area (Å²) in [6, 6.07) is 9.12. The lowest BCUT2D eigenvalue weighted by molar-refractivity contribution is 0.144. The van der Waals surface area contributed by atoms with Crippen molar-refractivity contribution in [3.05, 3.63) is 35.9 Å². The highest BCUT2D eigenvalue weighted by molar-refractivity contribution is 7.89. The van der Waals surface area contributed by atoms with Crippen LogP contribution in [0.1, 0.15) is 31.7 Å². The van der Waals surface area contributed by atoms with Crippen LogP contribution < -0.4 is 4.72 Å². The molecule has 1 fully saturated rings. The van der Waals surface area contributed by atoms with Crippen molar-refractivity contribution in [2.45, 2.75) is 44.8 Å². The lowest BCUT2D eigenvalue weighted by Crippen LogP contribution is -2.44. The zero-order valence-electron chi connectivity index (χ0n) is 11.8. The maximum Gasteiger partial charge on any atom is 0.212 e. The van der Waals surface area contributed by atoms with E-state index < -0.39 is 22.2 Å². The van der Waals surface area contributed by atoms with Gasteiger partial charge in [-0.3, -0.25) is 0 Å². The summed E-state index contributed by atoms with van der Waals surface area (Å²) in [4.78, 5) is 0. The average Bonchev–Trinajstić information content (AvgIpc) is 2.35. The molecule has 1 aliphatic rings. The summed E-state index contributed by atoms with van der Waals surface area (Å²) in [7, 11) is -3.29. The lowest BCUT2D eigenvalue weighted by atomic mass is 9.87. The quantitative estimate of drug-likeness (QED) is 0.805. The SMILES string of the molecule is CC(NS(=O)(=O)CC1CCC1)C(O)Cc1ccccc1. The Morgan fingerprint density at radius 2 is 1.95 bits per heavy atom. The highest BCUT2D eigenvalue weighted by Gasteiger charge is 2.27. The molecule has 0 heterocycles. The molecule has 2 N–H and O–H groups in total. The Bertz CT molecular complexity index is 511. The Morgan fingerprint density at radius 3 is 2.50 bits per heavy atom. The normalized spacial score (nSPS) is 19.3. The second-order valence-electron chi connectivity index (χ2n) is 5.74. The fourth-order valence-corrected chi connectivity index (χ4v) is 4.19. The molecule has 0 bridgehead atoms. The molecule has 112 valence electrons. The summed E-state index contributed by atoms with van der Waals surface area (Å²) >= 11 is 0. The van der Waals surface area contributed by atoms with E-state index in [4.69, 9.17) is 0 Å². The van der Waals surface area contributed by atoms with Gasteiger partial charge in [0.15, 0.2) is 0 Å². The lowest BCUT2D eigenvalue weighted by Gasteiger charge is -2.27. The van der Waals surface area contributed by atoms with Crippen molar-refractivity contribution in [2.75, 3.05) is 5.75 Å². The van der Waals surface area contributed by atoms with Crippen molar-refractivity contribution in [1.29, 1.82) is 0 Å². The van der Waals surface area contributed by atoms with Gasteiger partial charge in [0.05, 0.1) is 11.9 Å². The van der Waals surface area contributed by atoms with E-state index in [-0.39, 0.29) is 5.75 Å². The summed E-state index contributed by atoms with van der Waals surface area (Å²) in [5.41, 5.74) is 1.00. The minimum atomic E-state index is -3.29. The molecule has 2 atom stereocenters. The molecule has 0 saturated heterocycles. The number of aliphatic hydroxyl groups is 1. The number of benzene rings is 1. The van der Waals surface area contributed by atoms with Gasteiger partial charge in [0.1, 0.15) is 0 Å². The van der Waals surface area contributed by atoms with E-state index in [1.807, 2.05) is 30.3 Å². The van der Waals surface area contributed by atoms with Gasteiger partial charge >= 0.3 is 0 Å². The van der Waals surface area contributed by atoms with Crippen LogP contribution in [0.4, 0.5) is 0 Å². The second-order valence-corrected chi connectivity index (χ2v) is 7.54. The van der Waals surface area contributed by atoms with Crippen LogP contribution in [-0.4, -0.2) is 31.4 Å². The van der Waals surface area contributed by atoms with Crippen LogP contribution >= 0.6 is 0 Å². The van der Waals surface area contributed by atoms with Gasteiger partial charge in [-0.25, -0.2) is 13.1 Å². The van der Waals surface area contributed by atoms with E-state index in [2.05, 4.69) is 4.72 Å². The Labute approximate surface area is 121 Å². The zero-order valence-corrected chi connectivity index (χ0v) is 12.6. The molecule has 0 aliphatic heterocycles. The Kier molecular flexibility index (Phi) is 5.18. The molecule has 0 aromatic heterocycles. The minimum Gasteiger partial charge on any atom is -0.391 e. The smallest absolute Gasteiger partial charge is 0.212 e. The van der Waals surface area contributed by atoms with E-state index >= 15 is 0 Å². The van der Waals surface area contributed by atoms with Crippen LogP contribution in [0, 0.1) is 5.92 Å². The van der Waals surface area contributed by atoms with Crippen LogP contribution in [0.15, 0.2) is 30.3 Å². The molecule has 0 spiro atoms. The van der Waals surface area contributed by atoms with Crippen LogP contribution in [0.5, 0.6) is 0 Å². The Hall–Kier alpha value is -0.910. The monoisotopic (exact) mass is 297 g/mol. The third-order valence-electron chi connectivity index (χ3n) is 3.91. The number of hydrogen-bond acceptors (Lipinski definition) is 3. The van der Waals surface area contributed by atoms with E-state index in [1.165, 1.54) is 0 Å². The highest BCUT2D eigenvalue weighted by Crippen LogP contribution is 2.27. The van der Waals surface area contributed by atoms with Crippen molar-refractivity contribution < 1.29 is 13.5 Å². The van der Waals surface area contributed by atoms with E-state index in [0.29, 0.717) is 12.3 Å². The van der Waals surface area contributed by atoms with Gasteiger partial charge in [-0.05, 0) is 37.7 Å². The number of sulfonamides is 1. The predicted octanol–water partition coefficient (Wildman–Crippen LogP) is 1.70. The fraction of sp³-hybridized carbons (Fsp3) is 0.600. The summed E-state index contributed by atoms with van der Waals surface area (Å²) in [6.45, 7) is 1.71. The number of nitrogens with one attached hydrogen (secondary N) is 1. The fourth-order valence-electron chi connectivity index (χ4n) is 2.41. The van der Waals surface area contributed by atoms with Crippen molar-refractivity contribution in [2.24, 2.45) is 5.92 Å². The molecule has 0 amide bonds. The van der Waals surface area contributed by atoms with E-state index in [1.54, 1.807) is 6.92 Å². The molecule has 1 aliphatic carbocycles. The summed E-state index contributed by atoms with van der Waals surface area (Å²) in [5.74, 6) is 0.487. The predicted molar refractivity (Wildman–Crippen MR) is 79.9 cm³/mol. The maximum atomic E-state index is 12.0. The molecular formula is C15H23NO3S. The van der Waals surface area contributed by atoms with Crippen LogP contribution in [-0.2, 0) is 16.4 Å². The number of rotatable bonds is 7. The first-order valence-corrected chi connectivity index (χ1v) is 8.83. The van der Waals surface area contributed by atoms with Gasteiger partial charge in [0.2, 0.25) is 10.0 Å². The number of aliphatic hydroxyl groups excluding tert-OH is 1. The zero-order chi connectivity index (χ0) is 14.6. The molecule has 20 heavy (non-hydrogen) atoms. The first kappa shape index (κ1) is 15.5. The summed E-state index contributed by atoms with van der Waals surface area (Å²) in [5, 5.41) is 10.1. The standard InChI is InChI=1S/C15H23NO3S/c1-12(15(17)10-13-6-3-2-4-7-13)16-20(18,19)11-14-8-5-9-14/h2-4,6-7,12,14-17H,5,8-11H2,1H3. The van der Waals surface area contributed by atoms with Crippen molar-refractivity contribution in [3.63, 3.8) is 0 Å². The largest absolute Gasteiger partial charge is 0.391 e. The van der Waals surface area contributed by atoms with Gasteiger partial charge in [0.25, 0.3) is 0 Å². The molecule has 1 saturated carbocycles. The molecule has 2 unspecified atom stereocenters. The Balaban J connectivity index is 1.85. The molecule has 1 aromatic rings. The van der Waals surface area contributed by atoms with E-state index in [9.17, 15) is 13.5 Å². The summed E-state index contributed by atoms with van der Waals surface area (Å²) in [6.07, 6.45) is 2.87. The summed E-state index contributed by atoms with van der Waals surface area (Å²) < 4.78 is 26.6. The topological polar surface area (TPSA) is 66.4 Å². The van der Waals surface area contributed by atoms with Gasteiger partial charge in [-0.15, -0.1) is 0 Å². The molecule has 0 radical (unpaired) electrons. The molecule has 2 rings (SSSR count). The van der Waals surface area contributed by atoms with Gasteiger partial charge in [0, 0.05) is 6.04 Å². The van der Waals surface area contributed by atoms with Gasteiger partial charge < -0.3 is 5.11 Å². The van der Waals surface area contributed by atoms with Crippen LogP contribution in [0.25, 0.3) is 0 Å². The second kappa shape index (κ2) is 6.70. The Morgan fingerprint density at radius 1 is 1.30 bits per heavy atom. The highest BCUT2D eigenvalue weighted by atomic mass is 32.2. The van der Waals surface area contributed by atoms with Crippen LogP contribution in [0.3, 0.4) is 0 Å².